The van der Waals surface area contributed by atoms with Crippen LogP contribution in [0, 0.1) is 0 Å². The number of benzene rings is 1. The minimum atomic E-state index is 0.649. The minimum Gasteiger partial charge on any atom is -0.497 e. The molecule has 1 aliphatic carbocycles. The Bertz CT molecular complexity index is 560. The number of hydrogen-bond acceptors (Lipinski definition) is 3. The van der Waals surface area contributed by atoms with E-state index in [4.69, 9.17) is 4.74 Å². The number of rotatable bonds is 5. The Labute approximate surface area is 132 Å². The van der Waals surface area contributed by atoms with Crippen LogP contribution < -0.4 is 10.1 Å². The minimum absolute atomic E-state index is 0.649. The van der Waals surface area contributed by atoms with Crippen molar-refractivity contribution in [3.8, 4) is 5.75 Å². The SMILES string of the molecule is COc1ccc(C2CC(NCc3sccc3Br)C2)cc1. The third-order valence-corrected chi connectivity index (χ3v) is 5.89. The number of hydrogen-bond donors (Lipinski definition) is 1. The molecule has 1 saturated carbocycles. The van der Waals surface area contributed by atoms with Gasteiger partial charge in [-0.3, -0.25) is 0 Å². The first kappa shape index (κ1) is 14.1. The van der Waals surface area contributed by atoms with Crippen molar-refractivity contribution in [2.45, 2.75) is 31.3 Å². The molecule has 0 radical (unpaired) electrons. The summed E-state index contributed by atoms with van der Waals surface area (Å²) in [6, 6.07) is 11.3. The van der Waals surface area contributed by atoms with Gasteiger partial charge in [0.1, 0.15) is 5.75 Å². The summed E-state index contributed by atoms with van der Waals surface area (Å²) in [4.78, 5) is 1.39. The van der Waals surface area contributed by atoms with Crippen LogP contribution in [0.4, 0.5) is 0 Å². The van der Waals surface area contributed by atoms with E-state index in [-0.39, 0.29) is 0 Å². The van der Waals surface area contributed by atoms with E-state index in [0.29, 0.717) is 12.0 Å². The van der Waals surface area contributed by atoms with Crippen LogP contribution in [0.1, 0.15) is 29.2 Å². The van der Waals surface area contributed by atoms with E-state index in [0.717, 1.165) is 12.3 Å². The van der Waals surface area contributed by atoms with Gasteiger partial charge in [0.2, 0.25) is 0 Å². The highest BCUT2D eigenvalue weighted by Gasteiger charge is 2.29. The first-order chi connectivity index (χ1) is 9.76. The van der Waals surface area contributed by atoms with Gasteiger partial charge in [0, 0.05) is 21.9 Å². The first-order valence-corrected chi connectivity index (χ1v) is 8.52. The maximum Gasteiger partial charge on any atom is 0.118 e. The van der Waals surface area contributed by atoms with Gasteiger partial charge in [-0.15, -0.1) is 11.3 Å². The Kier molecular flexibility index (Phi) is 4.44. The smallest absolute Gasteiger partial charge is 0.118 e. The Balaban J connectivity index is 1.47. The summed E-state index contributed by atoms with van der Waals surface area (Å²) in [6.07, 6.45) is 2.46. The quantitative estimate of drug-likeness (QED) is 0.852. The van der Waals surface area contributed by atoms with Crippen molar-refractivity contribution in [1.29, 1.82) is 0 Å². The van der Waals surface area contributed by atoms with Gasteiger partial charge < -0.3 is 10.1 Å². The molecule has 4 heteroatoms. The largest absolute Gasteiger partial charge is 0.497 e. The van der Waals surface area contributed by atoms with Crippen LogP contribution in [0.25, 0.3) is 0 Å². The molecular weight excluding hydrogens is 334 g/mol. The number of thiophene rings is 1. The molecule has 0 saturated heterocycles. The molecule has 20 heavy (non-hydrogen) atoms. The predicted molar refractivity (Wildman–Crippen MR) is 87.6 cm³/mol. The van der Waals surface area contributed by atoms with Gasteiger partial charge in [-0.05, 0) is 63.8 Å². The zero-order chi connectivity index (χ0) is 13.9. The predicted octanol–water partition coefficient (Wildman–Crippen LogP) is 4.56. The van der Waals surface area contributed by atoms with Crippen LogP contribution in [0.5, 0.6) is 5.75 Å². The highest BCUT2D eigenvalue weighted by Crippen LogP contribution is 2.37. The second-order valence-corrected chi connectivity index (χ2v) is 7.07. The first-order valence-electron chi connectivity index (χ1n) is 6.85. The molecule has 0 unspecified atom stereocenters. The van der Waals surface area contributed by atoms with E-state index in [1.165, 1.54) is 27.8 Å². The molecule has 1 aliphatic rings. The lowest BCUT2D eigenvalue weighted by molar-refractivity contribution is 0.290. The molecule has 2 nitrogen and oxygen atoms in total. The summed E-state index contributed by atoms with van der Waals surface area (Å²) < 4.78 is 6.42. The summed E-state index contributed by atoms with van der Waals surface area (Å²) in [7, 11) is 1.71. The summed E-state index contributed by atoms with van der Waals surface area (Å²) in [6.45, 7) is 0.970. The van der Waals surface area contributed by atoms with Crippen LogP contribution >= 0.6 is 27.3 Å². The van der Waals surface area contributed by atoms with Crippen LogP contribution in [0.15, 0.2) is 40.2 Å². The normalized spacial score (nSPS) is 21.5. The lowest BCUT2D eigenvalue weighted by atomic mass is 9.76. The summed E-state index contributed by atoms with van der Waals surface area (Å²) in [5.74, 6) is 1.63. The van der Waals surface area contributed by atoms with Crippen molar-refractivity contribution in [1.82, 2.24) is 5.32 Å². The fraction of sp³-hybridized carbons (Fsp3) is 0.375. The van der Waals surface area contributed by atoms with E-state index in [1.807, 2.05) is 0 Å². The molecule has 1 N–H and O–H groups in total. The van der Waals surface area contributed by atoms with Gasteiger partial charge in [0.05, 0.1) is 7.11 Å². The zero-order valence-electron chi connectivity index (χ0n) is 11.4. The summed E-state index contributed by atoms with van der Waals surface area (Å²) in [5.41, 5.74) is 1.43. The molecule has 0 bridgehead atoms. The monoisotopic (exact) mass is 351 g/mol. The second kappa shape index (κ2) is 6.29. The van der Waals surface area contributed by atoms with E-state index in [2.05, 4.69) is 57.0 Å². The van der Waals surface area contributed by atoms with Gasteiger partial charge >= 0.3 is 0 Å². The maximum atomic E-state index is 5.20. The Morgan fingerprint density at radius 2 is 2.00 bits per heavy atom. The standard InChI is InChI=1S/C16H18BrNOS/c1-19-14-4-2-11(3-5-14)12-8-13(9-12)18-10-16-15(17)6-7-20-16/h2-7,12-13,18H,8-10H2,1H3. The highest BCUT2D eigenvalue weighted by atomic mass is 79.9. The topological polar surface area (TPSA) is 21.3 Å². The molecule has 106 valence electrons. The molecule has 1 heterocycles. The van der Waals surface area contributed by atoms with Crippen molar-refractivity contribution < 1.29 is 4.74 Å². The Morgan fingerprint density at radius 3 is 2.60 bits per heavy atom. The molecule has 0 amide bonds. The van der Waals surface area contributed by atoms with E-state index >= 15 is 0 Å². The molecule has 1 aromatic carbocycles. The lowest BCUT2D eigenvalue weighted by Crippen LogP contribution is -2.39. The summed E-state index contributed by atoms with van der Waals surface area (Å²) in [5, 5.41) is 5.77. The van der Waals surface area contributed by atoms with E-state index in [1.54, 1.807) is 18.4 Å². The third kappa shape index (κ3) is 3.08. The fourth-order valence-electron chi connectivity index (χ4n) is 2.62. The molecule has 0 spiro atoms. The van der Waals surface area contributed by atoms with Gasteiger partial charge in [-0.1, -0.05) is 12.1 Å². The molecule has 3 rings (SSSR count). The summed E-state index contributed by atoms with van der Waals surface area (Å²) >= 11 is 5.38. The van der Waals surface area contributed by atoms with Crippen molar-refractivity contribution in [3.05, 3.63) is 50.6 Å². The van der Waals surface area contributed by atoms with Crippen LogP contribution in [-0.4, -0.2) is 13.2 Å². The van der Waals surface area contributed by atoms with Gasteiger partial charge in [-0.25, -0.2) is 0 Å². The Morgan fingerprint density at radius 1 is 1.25 bits per heavy atom. The highest BCUT2D eigenvalue weighted by molar-refractivity contribution is 9.10. The third-order valence-electron chi connectivity index (χ3n) is 3.97. The van der Waals surface area contributed by atoms with Crippen molar-refractivity contribution in [2.75, 3.05) is 7.11 Å². The van der Waals surface area contributed by atoms with Crippen LogP contribution in [0.2, 0.25) is 0 Å². The van der Waals surface area contributed by atoms with Crippen LogP contribution in [0.3, 0.4) is 0 Å². The molecule has 1 aromatic heterocycles. The zero-order valence-corrected chi connectivity index (χ0v) is 13.8. The molecule has 1 fully saturated rings. The fourth-order valence-corrected chi connectivity index (χ4v) is 4.06. The lowest BCUT2D eigenvalue weighted by Gasteiger charge is -2.36. The van der Waals surface area contributed by atoms with Gasteiger partial charge in [-0.2, -0.15) is 0 Å². The molecule has 0 atom stereocenters. The maximum absolute atomic E-state index is 5.20. The number of methoxy groups -OCH3 is 1. The van der Waals surface area contributed by atoms with Crippen molar-refractivity contribution in [3.63, 3.8) is 0 Å². The number of ether oxygens (including phenoxy) is 1. The van der Waals surface area contributed by atoms with Gasteiger partial charge in [0.15, 0.2) is 0 Å². The van der Waals surface area contributed by atoms with Crippen LogP contribution in [-0.2, 0) is 6.54 Å². The Hall–Kier alpha value is -0.840. The van der Waals surface area contributed by atoms with Crippen molar-refractivity contribution >= 4 is 27.3 Å². The van der Waals surface area contributed by atoms with Gasteiger partial charge in [0.25, 0.3) is 0 Å². The average molecular weight is 352 g/mol. The van der Waals surface area contributed by atoms with Crippen molar-refractivity contribution in [2.24, 2.45) is 0 Å². The number of nitrogens with one attached hydrogen (secondary N) is 1. The van der Waals surface area contributed by atoms with E-state index < -0.39 is 0 Å². The van der Waals surface area contributed by atoms with E-state index in [9.17, 15) is 0 Å². The molecule has 2 aromatic rings. The molecule has 0 aliphatic heterocycles. The second-order valence-electron chi connectivity index (χ2n) is 5.21. The average Bonchev–Trinajstić information content (AvgIpc) is 2.83. The molecular formula is C16H18BrNOS. The number of halogens is 1.